The SMILES string of the molecule is N#CCc1ccc(-c2ccc(C3CCCC3N)cc2)cc1. The fourth-order valence-corrected chi connectivity index (χ4v) is 3.23. The van der Waals surface area contributed by atoms with E-state index >= 15 is 0 Å². The maximum absolute atomic E-state index is 8.70. The molecule has 3 rings (SSSR count). The number of nitrogens with two attached hydrogens (primary N) is 1. The molecule has 0 amide bonds. The highest BCUT2D eigenvalue weighted by Gasteiger charge is 2.25. The maximum Gasteiger partial charge on any atom is 0.0669 e. The van der Waals surface area contributed by atoms with E-state index in [0.29, 0.717) is 18.4 Å². The molecule has 2 aromatic rings. The van der Waals surface area contributed by atoms with Crippen LogP contribution < -0.4 is 5.73 Å². The van der Waals surface area contributed by atoms with Crippen molar-refractivity contribution in [2.24, 2.45) is 5.73 Å². The molecule has 0 spiro atoms. The summed E-state index contributed by atoms with van der Waals surface area (Å²) in [5, 5.41) is 8.70. The molecule has 0 saturated heterocycles. The van der Waals surface area contributed by atoms with Gasteiger partial charge in [0.25, 0.3) is 0 Å². The average Bonchev–Trinajstić information content (AvgIpc) is 2.95. The third kappa shape index (κ3) is 2.99. The monoisotopic (exact) mass is 276 g/mol. The van der Waals surface area contributed by atoms with Crippen LogP contribution in [0.25, 0.3) is 11.1 Å². The summed E-state index contributed by atoms with van der Waals surface area (Å²) >= 11 is 0. The average molecular weight is 276 g/mol. The lowest BCUT2D eigenvalue weighted by molar-refractivity contribution is 0.613. The molecule has 106 valence electrons. The molecule has 0 radical (unpaired) electrons. The predicted octanol–water partition coefficient (Wildman–Crippen LogP) is 4.01. The summed E-state index contributed by atoms with van der Waals surface area (Å²) in [4.78, 5) is 0. The smallest absolute Gasteiger partial charge is 0.0669 e. The van der Waals surface area contributed by atoms with Gasteiger partial charge in [0.1, 0.15) is 0 Å². The van der Waals surface area contributed by atoms with Crippen LogP contribution in [0.15, 0.2) is 48.5 Å². The topological polar surface area (TPSA) is 49.8 Å². The van der Waals surface area contributed by atoms with Gasteiger partial charge in [-0.2, -0.15) is 5.26 Å². The van der Waals surface area contributed by atoms with Crippen LogP contribution in [0.1, 0.15) is 36.3 Å². The van der Waals surface area contributed by atoms with Crippen LogP contribution >= 0.6 is 0 Å². The van der Waals surface area contributed by atoms with Gasteiger partial charge < -0.3 is 5.73 Å². The van der Waals surface area contributed by atoms with E-state index in [-0.39, 0.29) is 0 Å². The summed E-state index contributed by atoms with van der Waals surface area (Å²) < 4.78 is 0. The normalized spacial score (nSPS) is 21.1. The third-order valence-electron chi connectivity index (χ3n) is 4.48. The lowest BCUT2D eigenvalue weighted by Gasteiger charge is -2.16. The van der Waals surface area contributed by atoms with Crippen molar-refractivity contribution in [1.82, 2.24) is 0 Å². The number of hydrogen-bond acceptors (Lipinski definition) is 2. The number of rotatable bonds is 3. The fraction of sp³-hybridized carbons (Fsp3) is 0.316. The molecule has 0 aliphatic heterocycles. The van der Waals surface area contributed by atoms with Crippen LogP contribution in [0, 0.1) is 11.3 Å². The molecule has 0 aromatic heterocycles. The first-order valence-electron chi connectivity index (χ1n) is 7.60. The summed E-state index contributed by atoms with van der Waals surface area (Å²) in [6.45, 7) is 0. The Morgan fingerprint density at radius 1 is 0.952 bits per heavy atom. The van der Waals surface area contributed by atoms with E-state index in [4.69, 9.17) is 11.0 Å². The molecule has 2 N–H and O–H groups in total. The zero-order valence-electron chi connectivity index (χ0n) is 12.1. The van der Waals surface area contributed by atoms with E-state index < -0.39 is 0 Å². The Labute approximate surface area is 126 Å². The highest BCUT2D eigenvalue weighted by Crippen LogP contribution is 2.34. The predicted molar refractivity (Wildman–Crippen MR) is 85.8 cm³/mol. The first kappa shape index (κ1) is 13.9. The minimum absolute atomic E-state index is 0.320. The van der Waals surface area contributed by atoms with Gasteiger partial charge in [0.2, 0.25) is 0 Å². The van der Waals surface area contributed by atoms with Gasteiger partial charge in [-0.25, -0.2) is 0 Å². The number of nitriles is 1. The molecular formula is C19H20N2. The lowest BCUT2D eigenvalue weighted by Crippen LogP contribution is -2.22. The molecule has 2 aromatic carbocycles. The Morgan fingerprint density at radius 2 is 1.57 bits per heavy atom. The van der Waals surface area contributed by atoms with Crippen molar-refractivity contribution in [3.8, 4) is 17.2 Å². The second-order valence-corrected chi connectivity index (χ2v) is 5.86. The zero-order valence-corrected chi connectivity index (χ0v) is 12.1. The zero-order chi connectivity index (χ0) is 14.7. The molecule has 2 atom stereocenters. The van der Waals surface area contributed by atoms with Crippen molar-refractivity contribution >= 4 is 0 Å². The summed E-state index contributed by atoms with van der Waals surface area (Å²) in [6, 6.07) is 19.5. The highest BCUT2D eigenvalue weighted by atomic mass is 14.7. The molecule has 1 fully saturated rings. The van der Waals surface area contributed by atoms with E-state index in [2.05, 4.69) is 42.5 Å². The van der Waals surface area contributed by atoms with Gasteiger partial charge in [-0.15, -0.1) is 0 Å². The van der Waals surface area contributed by atoms with Crippen molar-refractivity contribution in [1.29, 1.82) is 5.26 Å². The Kier molecular flexibility index (Phi) is 4.03. The molecule has 1 saturated carbocycles. The minimum Gasteiger partial charge on any atom is -0.327 e. The molecule has 0 bridgehead atoms. The molecule has 21 heavy (non-hydrogen) atoms. The quantitative estimate of drug-likeness (QED) is 0.920. The fourth-order valence-electron chi connectivity index (χ4n) is 3.23. The minimum atomic E-state index is 0.320. The first-order chi connectivity index (χ1) is 10.3. The highest BCUT2D eigenvalue weighted by molar-refractivity contribution is 5.64. The second-order valence-electron chi connectivity index (χ2n) is 5.86. The largest absolute Gasteiger partial charge is 0.327 e. The standard InChI is InChI=1S/C19H20N2/c20-13-12-14-4-6-15(7-5-14)16-8-10-17(11-9-16)18-2-1-3-19(18)21/h4-11,18-19H,1-3,12,21H2. The summed E-state index contributed by atoms with van der Waals surface area (Å²) in [7, 11) is 0. The van der Waals surface area contributed by atoms with Crippen molar-refractivity contribution in [2.45, 2.75) is 37.6 Å². The van der Waals surface area contributed by atoms with Gasteiger partial charge in [-0.05, 0) is 41.0 Å². The van der Waals surface area contributed by atoms with Crippen molar-refractivity contribution in [3.63, 3.8) is 0 Å². The van der Waals surface area contributed by atoms with Gasteiger partial charge in [0, 0.05) is 6.04 Å². The lowest BCUT2D eigenvalue weighted by atomic mass is 9.92. The van der Waals surface area contributed by atoms with Gasteiger partial charge in [-0.3, -0.25) is 0 Å². The van der Waals surface area contributed by atoms with Gasteiger partial charge in [-0.1, -0.05) is 55.0 Å². The van der Waals surface area contributed by atoms with Crippen molar-refractivity contribution in [2.75, 3.05) is 0 Å². The Hall–Kier alpha value is -2.11. The molecule has 1 aliphatic rings. The number of hydrogen-bond donors (Lipinski definition) is 1. The van der Waals surface area contributed by atoms with Crippen LogP contribution in [0.5, 0.6) is 0 Å². The number of benzene rings is 2. The van der Waals surface area contributed by atoms with E-state index in [1.165, 1.54) is 29.5 Å². The van der Waals surface area contributed by atoms with Crippen LogP contribution in [-0.4, -0.2) is 6.04 Å². The molecule has 2 heteroatoms. The van der Waals surface area contributed by atoms with E-state index in [1.54, 1.807) is 0 Å². The Balaban J connectivity index is 1.79. The van der Waals surface area contributed by atoms with Crippen LogP contribution in [0.4, 0.5) is 0 Å². The molecule has 0 heterocycles. The second kappa shape index (κ2) is 6.11. The summed E-state index contributed by atoms with van der Waals surface area (Å²) in [6.07, 6.45) is 4.07. The van der Waals surface area contributed by atoms with E-state index in [9.17, 15) is 0 Å². The maximum atomic E-state index is 8.70. The van der Waals surface area contributed by atoms with Crippen molar-refractivity contribution in [3.05, 3.63) is 59.7 Å². The molecule has 1 aliphatic carbocycles. The van der Waals surface area contributed by atoms with Crippen molar-refractivity contribution < 1.29 is 0 Å². The van der Waals surface area contributed by atoms with E-state index in [0.717, 1.165) is 12.0 Å². The Bertz CT molecular complexity index is 635. The van der Waals surface area contributed by atoms with Gasteiger partial charge in [0.05, 0.1) is 12.5 Å². The molecule has 2 unspecified atom stereocenters. The molecular weight excluding hydrogens is 256 g/mol. The first-order valence-corrected chi connectivity index (χ1v) is 7.60. The van der Waals surface area contributed by atoms with Crippen LogP contribution in [-0.2, 0) is 6.42 Å². The summed E-state index contributed by atoms with van der Waals surface area (Å²) in [5.74, 6) is 0.525. The van der Waals surface area contributed by atoms with Gasteiger partial charge >= 0.3 is 0 Å². The van der Waals surface area contributed by atoms with Crippen LogP contribution in [0.2, 0.25) is 0 Å². The third-order valence-corrected chi connectivity index (χ3v) is 4.48. The Morgan fingerprint density at radius 3 is 2.10 bits per heavy atom. The summed E-state index contributed by atoms with van der Waals surface area (Å²) in [5.41, 5.74) is 11.0. The van der Waals surface area contributed by atoms with Crippen LogP contribution in [0.3, 0.4) is 0 Å². The molecule has 2 nitrogen and oxygen atoms in total. The number of nitrogens with zero attached hydrogens (tertiary/aromatic N) is 1. The van der Waals surface area contributed by atoms with E-state index in [1.807, 2.05) is 12.1 Å². The van der Waals surface area contributed by atoms with Gasteiger partial charge in [0.15, 0.2) is 0 Å².